The van der Waals surface area contributed by atoms with Crippen LogP contribution in [0.4, 0.5) is 0 Å². The molecule has 20 heavy (non-hydrogen) atoms. The highest BCUT2D eigenvalue weighted by Gasteiger charge is 2.16. The van der Waals surface area contributed by atoms with Crippen LogP contribution in [0.2, 0.25) is 10.0 Å². The standard InChI is InChI=1S/C16H10Cl2OS/c17-12-5-3-6-13(18)16(12)14(19)8-10-9-20-15-7-2-1-4-11(10)15/h1-7,9H,8H2. The summed E-state index contributed by atoms with van der Waals surface area (Å²) in [6, 6.07) is 13.2. The molecule has 0 fully saturated rings. The van der Waals surface area contributed by atoms with Gasteiger partial charge in [-0.05, 0) is 34.5 Å². The SMILES string of the molecule is O=C(Cc1csc2ccccc12)c1c(Cl)cccc1Cl. The third-order valence-corrected chi connectivity index (χ3v) is 4.80. The molecule has 2 aromatic carbocycles. The van der Waals surface area contributed by atoms with Crippen molar-refractivity contribution >= 4 is 50.4 Å². The van der Waals surface area contributed by atoms with E-state index >= 15 is 0 Å². The molecule has 1 aromatic heterocycles. The quantitative estimate of drug-likeness (QED) is 0.571. The first-order valence-corrected chi connectivity index (χ1v) is 7.72. The van der Waals surface area contributed by atoms with Gasteiger partial charge in [0.1, 0.15) is 0 Å². The van der Waals surface area contributed by atoms with Crippen molar-refractivity contribution in [2.75, 3.05) is 0 Å². The monoisotopic (exact) mass is 320 g/mol. The number of benzene rings is 2. The second-order valence-electron chi connectivity index (χ2n) is 4.45. The molecule has 1 heterocycles. The van der Waals surface area contributed by atoms with Gasteiger partial charge >= 0.3 is 0 Å². The Labute approximate surface area is 130 Å². The summed E-state index contributed by atoms with van der Waals surface area (Å²) in [4.78, 5) is 12.4. The summed E-state index contributed by atoms with van der Waals surface area (Å²) < 4.78 is 1.18. The fourth-order valence-corrected chi connectivity index (χ4v) is 3.77. The Morgan fingerprint density at radius 1 is 1.00 bits per heavy atom. The molecule has 0 N–H and O–H groups in total. The molecule has 0 spiro atoms. The molecule has 0 aliphatic carbocycles. The van der Waals surface area contributed by atoms with E-state index in [-0.39, 0.29) is 5.78 Å². The maximum absolute atomic E-state index is 12.4. The van der Waals surface area contributed by atoms with Gasteiger partial charge in [-0.3, -0.25) is 4.79 Å². The smallest absolute Gasteiger partial charge is 0.170 e. The highest BCUT2D eigenvalue weighted by molar-refractivity contribution is 7.17. The fourth-order valence-electron chi connectivity index (χ4n) is 2.20. The van der Waals surface area contributed by atoms with Gasteiger partial charge in [0.15, 0.2) is 5.78 Å². The molecule has 1 nitrogen and oxygen atoms in total. The van der Waals surface area contributed by atoms with Crippen molar-refractivity contribution in [3.63, 3.8) is 0 Å². The van der Waals surface area contributed by atoms with Crippen LogP contribution >= 0.6 is 34.5 Å². The summed E-state index contributed by atoms with van der Waals surface area (Å²) in [7, 11) is 0. The topological polar surface area (TPSA) is 17.1 Å². The van der Waals surface area contributed by atoms with E-state index in [0.717, 1.165) is 10.9 Å². The van der Waals surface area contributed by atoms with Crippen LogP contribution < -0.4 is 0 Å². The van der Waals surface area contributed by atoms with Gasteiger partial charge in [0, 0.05) is 11.1 Å². The molecule has 4 heteroatoms. The minimum Gasteiger partial charge on any atom is -0.294 e. The average Bonchev–Trinajstić information content (AvgIpc) is 2.82. The molecular weight excluding hydrogens is 311 g/mol. The molecule has 3 aromatic rings. The van der Waals surface area contributed by atoms with Crippen LogP contribution in [0.3, 0.4) is 0 Å². The Kier molecular flexibility index (Phi) is 3.79. The van der Waals surface area contributed by atoms with E-state index in [1.54, 1.807) is 29.5 Å². The van der Waals surface area contributed by atoms with Gasteiger partial charge in [-0.1, -0.05) is 47.5 Å². The number of ketones is 1. The lowest BCUT2D eigenvalue weighted by atomic mass is 10.0. The van der Waals surface area contributed by atoms with Crippen LogP contribution in [-0.2, 0) is 6.42 Å². The second-order valence-corrected chi connectivity index (χ2v) is 6.18. The molecule has 0 saturated carbocycles. The van der Waals surface area contributed by atoms with Crippen LogP contribution in [0.5, 0.6) is 0 Å². The first kappa shape index (κ1) is 13.6. The van der Waals surface area contributed by atoms with Gasteiger partial charge in [0.05, 0.1) is 15.6 Å². The number of carbonyl (C=O) groups excluding carboxylic acids is 1. The molecule has 0 unspecified atom stereocenters. The number of Topliss-reactive ketones (excluding diaryl/α,β-unsaturated/α-hetero) is 1. The highest BCUT2D eigenvalue weighted by Crippen LogP contribution is 2.29. The van der Waals surface area contributed by atoms with Gasteiger partial charge in [0.2, 0.25) is 0 Å². The molecule has 0 atom stereocenters. The van der Waals surface area contributed by atoms with Crippen LogP contribution in [0.15, 0.2) is 47.8 Å². The van der Waals surface area contributed by atoms with Crippen molar-refractivity contribution < 1.29 is 4.79 Å². The first-order chi connectivity index (χ1) is 9.66. The molecule has 0 aliphatic rings. The lowest BCUT2D eigenvalue weighted by Gasteiger charge is -2.05. The van der Waals surface area contributed by atoms with E-state index in [1.165, 1.54) is 4.70 Å². The summed E-state index contributed by atoms with van der Waals surface area (Å²) in [5, 5.41) is 3.95. The molecule has 0 bridgehead atoms. The summed E-state index contributed by atoms with van der Waals surface area (Å²) in [5.41, 5.74) is 1.43. The summed E-state index contributed by atoms with van der Waals surface area (Å²) in [6.07, 6.45) is 0.313. The van der Waals surface area contributed by atoms with Gasteiger partial charge < -0.3 is 0 Å². The van der Waals surface area contributed by atoms with E-state index < -0.39 is 0 Å². The normalized spacial score (nSPS) is 10.9. The minimum atomic E-state index is -0.0517. The van der Waals surface area contributed by atoms with Gasteiger partial charge in [-0.25, -0.2) is 0 Å². The van der Waals surface area contributed by atoms with E-state index in [2.05, 4.69) is 6.07 Å². The Bertz CT molecular complexity index is 772. The second kappa shape index (κ2) is 5.57. The number of halogens is 2. The Hall–Kier alpha value is -1.35. The van der Waals surface area contributed by atoms with E-state index in [9.17, 15) is 4.79 Å². The number of carbonyl (C=O) groups is 1. The molecule has 0 aliphatic heterocycles. The predicted octanol–water partition coefficient (Wildman–Crippen LogP) is 5.63. The maximum Gasteiger partial charge on any atom is 0.170 e. The van der Waals surface area contributed by atoms with Crippen molar-refractivity contribution in [2.45, 2.75) is 6.42 Å². The lowest BCUT2D eigenvalue weighted by Crippen LogP contribution is -2.04. The average molecular weight is 321 g/mol. The van der Waals surface area contributed by atoms with E-state index in [4.69, 9.17) is 23.2 Å². The van der Waals surface area contributed by atoms with Crippen molar-refractivity contribution in [3.8, 4) is 0 Å². The first-order valence-electron chi connectivity index (χ1n) is 6.09. The van der Waals surface area contributed by atoms with Crippen molar-refractivity contribution in [1.82, 2.24) is 0 Å². The van der Waals surface area contributed by atoms with Crippen molar-refractivity contribution in [2.24, 2.45) is 0 Å². The highest BCUT2D eigenvalue weighted by atomic mass is 35.5. The van der Waals surface area contributed by atoms with Crippen LogP contribution in [-0.4, -0.2) is 5.78 Å². The Morgan fingerprint density at radius 2 is 1.70 bits per heavy atom. The predicted molar refractivity (Wildman–Crippen MR) is 86.3 cm³/mol. The molecule has 0 amide bonds. The maximum atomic E-state index is 12.4. The van der Waals surface area contributed by atoms with Gasteiger partial charge in [-0.2, -0.15) is 0 Å². The van der Waals surface area contributed by atoms with Crippen LogP contribution in [0.25, 0.3) is 10.1 Å². The number of rotatable bonds is 3. The lowest BCUT2D eigenvalue weighted by molar-refractivity contribution is 0.0993. The van der Waals surface area contributed by atoms with E-state index in [1.807, 2.05) is 23.6 Å². The van der Waals surface area contributed by atoms with E-state index in [0.29, 0.717) is 22.0 Å². The number of thiophene rings is 1. The van der Waals surface area contributed by atoms with Crippen molar-refractivity contribution in [1.29, 1.82) is 0 Å². The van der Waals surface area contributed by atoms with Crippen LogP contribution in [0, 0.1) is 0 Å². The molecule has 0 radical (unpaired) electrons. The largest absolute Gasteiger partial charge is 0.294 e. The zero-order valence-electron chi connectivity index (χ0n) is 10.4. The zero-order valence-corrected chi connectivity index (χ0v) is 12.7. The third kappa shape index (κ3) is 2.47. The van der Waals surface area contributed by atoms with Crippen LogP contribution in [0.1, 0.15) is 15.9 Å². The zero-order chi connectivity index (χ0) is 14.1. The summed E-state index contributed by atoms with van der Waals surface area (Å²) in [5.74, 6) is -0.0517. The Balaban J connectivity index is 1.97. The minimum absolute atomic E-state index is 0.0517. The van der Waals surface area contributed by atoms with Gasteiger partial charge in [-0.15, -0.1) is 11.3 Å². The van der Waals surface area contributed by atoms with Crippen molar-refractivity contribution in [3.05, 3.63) is 69.0 Å². The molecule has 100 valence electrons. The molecule has 0 saturated heterocycles. The molecular formula is C16H10Cl2OS. The Morgan fingerprint density at radius 3 is 2.45 bits per heavy atom. The number of hydrogen-bond acceptors (Lipinski definition) is 2. The summed E-state index contributed by atoms with van der Waals surface area (Å²) >= 11 is 13.8. The third-order valence-electron chi connectivity index (χ3n) is 3.15. The number of fused-ring (bicyclic) bond motifs is 1. The fraction of sp³-hybridized carbons (Fsp3) is 0.0625. The van der Waals surface area contributed by atoms with Gasteiger partial charge in [0.25, 0.3) is 0 Å². The number of hydrogen-bond donors (Lipinski definition) is 0. The summed E-state index contributed by atoms with van der Waals surface area (Å²) in [6.45, 7) is 0. The molecule has 3 rings (SSSR count).